The molecule has 0 spiro atoms. The van der Waals surface area contributed by atoms with E-state index in [1.54, 1.807) is 22.9 Å². The average Bonchev–Trinajstić information content (AvgIpc) is 2.66. The van der Waals surface area contributed by atoms with Gasteiger partial charge in [0.05, 0.1) is 10.6 Å². The molecular formula is C18H22ClN5OS. The number of nitrogens with zero attached hydrogens (tertiary/aromatic N) is 3. The Bertz CT molecular complexity index is 723. The number of piperazine rings is 1. The number of carbonyl (C=O) groups is 1. The van der Waals surface area contributed by atoms with Crippen molar-refractivity contribution in [3.63, 3.8) is 0 Å². The highest BCUT2D eigenvalue weighted by Crippen LogP contribution is 2.46. The van der Waals surface area contributed by atoms with Crippen molar-refractivity contribution in [2.45, 2.75) is 9.79 Å². The molecule has 0 saturated carbocycles. The number of hydrogen-bond donors (Lipinski definition) is 2. The van der Waals surface area contributed by atoms with E-state index in [2.05, 4.69) is 20.5 Å². The minimum Gasteiger partial charge on any atom is -0.336 e. The van der Waals surface area contributed by atoms with Crippen LogP contribution in [0.3, 0.4) is 0 Å². The van der Waals surface area contributed by atoms with Crippen molar-refractivity contribution in [3.8, 4) is 0 Å². The lowest BCUT2D eigenvalue weighted by Crippen LogP contribution is -2.47. The zero-order valence-corrected chi connectivity index (χ0v) is 16.0. The predicted octanol–water partition coefficient (Wildman–Crippen LogP) is 2.72. The van der Waals surface area contributed by atoms with Crippen LogP contribution in [0.1, 0.15) is 0 Å². The quantitative estimate of drug-likeness (QED) is 0.842. The summed E-state index contributed by atoms with van der Waals surface area (Å²) in [6.45, 7) is 5.59. The number of halogens is 1. The molecule has 0 bridgehead atoms. The van der Waals surface area contributed by atoms with Crippen molar-refractivity contribution in [3.05, 3.63) is 42.6 Å². The molecule has 0 radical (unpaired) electrons. The smallest absolute Gasteiger partial charge is 0.327 e. The summed E-state index contributed by atoms with van der Waals surface area (Å²) in [6.07, 6.45) is 1.73. The van der Waals surface area contributed by atoms with Crippen LogP contribution < -0.4 is 15.5 Å². The Kier molecular flexibility index (Phi) is 6.37. The largest absolute Gasteiger partial charge is 0.336 e. The number of nitrogens with one attached hydrogen (secondary N) is 2. The summed E-state index contributed by atoms with van der Waals surface area (Å²) in [6, 6.07) is 11.7. The van der Waals surface area contributed by atoms with Crippen LogP contribution in [0, 0.1) is 0 Å². The molecule has 1 saturated heterocycles. The van der Waals surface area contributed by atoms with Crippen molar-refractivity contribution >= 4 is 41.7 Å². The maximum absolute atomic E-state index is 12.9. The van der Waals surface area contributed by atoms with E-state index in [0.717, 1.165) is 48.2 Å². The number of amides is 2. The number of rotatable bonds is 3. The zero-order valence-electron chi connectivity index (χ0n) is 14.4. The number of fused-ring (bicyclic) bond motifs is 2. The number of para-hydroxylation sites is 1. The number of anilines is 2. The molecule has 0 atom stereocenters. The van der Waals surface area contributed by atoms with Gasteiger partial charge in [-0.05, 0) is 24.3 Å². The monoisotopic (exact) mass is 391 g/mol. The summed E-state index contributed by atoms with van der Waals surface area (Å²) in [5.41, 5.74) is 0.887. The summed E-state index contributed by atoms with van der Waals surface area (Å²) in [4.78, 5) is 23.5. The fraction of sp³-hybridized carbons (Fsp3) is 0.333. The van der Waals surface area contributed by atoms with Crippen LogP contribution in [0.25, 0.3) is 0 Å². The Hall–Kier alpha value is -1.80. The first kappa shape index (κ1) is 19.0. The van der Waals surface area contributed by atoms with Gasteiger partial charge in [0.25, 0.3) is 0 Å². The van der Waals surface area contributed by atoms with Gasteiger partial charge in [-0.15, -0.1) is 12.4 Å². The van der Waals surface area contributed by atoms with Crippen molar-refractivity contribution in [1.29, 1.82) is 0 Å². The van der Waals surface area contributed by atoms with Gasteiger partial charge in [-0.1, -0.05) is 23.9 Å². The molecule has 2 aromatic rings. The summed E-state index contributed by atoms with van der Waals surface area (Å²) >= 11 is 1.65. The fourth-order valence-corrected chi connectivity index (χ4v) is 4.16. The van der Waals surface area contributed by atoms with Crippen molar-refractivity contribution in [1.82, 2.24) is 20.5 Å². The van der Waals surface area contributed by atoms with Crippen molar-refractivity contribution < 1.29 is 4.79 Å². The van der Waals surface area contributed by atoms with Crippen LogP contribution in [0.2, 0.25) is 0 Å². The third-order valence-corrected chi connectivity index (χ3v) is 5.51. The molecular weight excluding hydrogens is 370 g/mol. The normalized spacial score (nSPS) is 16.2. The molecule has 1 fully saturated rings. The second kappa shape index (κ2) is 8.73. The lowest BCUT2D eigenvalue weighted by atomic mass is 10.2. The molecule has 6 nitrogen and oxygen atoms in total. The molecule has 8 heteroatoms. The number of carbonyl (C=O) groups excluding carboxylic acids is 1. The van der Waals surface area contributed by atoms with Gasteiger partial charge in [0, 0.05) is 50.4 Å². The second-order valence-electron chi connectivity index (χ2n) is 6.05. The first-order valence-corrected chi connectivity index (χ1v) is 9.37. The van der Waals surface area contributed by atoms with E-state index in [4.69, 9.17) is 0 Å². The zero-order chi connectivity index (χ0) is 17.1. The second-order valence-corrected chi connectivity index (χ2v) is 7.14. The number of aromatic nitrogens is 1. The molecule has 2 aliphatic rings. The molecule has 26 heavy (non-hydrogen) atoms. The lowest BCUT2D eigenvalue weighted by Gasteiger charge is -2.31. The number of benzene rings is 1. The summed E-state index contributed by atoms with van der Waals surface area (Å²) in [7, 11) is 0. The highest BCUT2D eigenvalue weighted by atomic mass is 35.5. The minimum absolute atomic E-state index is 0. The first-order valence-electron chi connectivity index (χ1n) is 8.56. The van der Waals surface area contributed by atoms with Gasteiger partial charge in [0.15, 0.2) is 5.82 Å². The lowest BCUT2D eigenvalue weighted by molar-refractivity contribution is 0.231. The third kappa shape index (κ3) is 3.96. The summed E-state index contributed by atoms with van der Waals surface area (Å²) < 4.78 is 0. The topological polar surface area (TPSA) is 60.5 Å². The molecule has 3 heterocycles. The van der Waals surface area contributed by atoms with Gasteiger partial charge in [0.1, 0.15) is 0 Å². The number of pyridine rings is 1. The van der Waals surface area contributed by atoms with E-state index < -0.39 is 0 Å². The highest BCUT2D eigenvalue weighted by molar-refractivity contribution is 7.99. The predicted molar refractivity (Wildman–Crippen MR) is 107 cm³/mol. The van der Waals surface area contributed by atoms with Gasteiger partial charge < -0.3 is 10.6 Å². The minimum atomic E-state index is -0.122. The molecule has 2 N–H and O–H groups in total. The Morgan fingerprint density at radius 1 is 1.15 bits per heavy atom. The van der Waals surface area contributed by atoms with Gasteiger partial charge in [-0.2, -0.15) is 0 Å². The van der Waals surface area contributed by atoms with E-state index in [9.17, 15) is 4.79 Å². The summed E-state index contributed by atoms with van der Waals surface area (Å²) in [5, 5.41) is 6.40. The van der Waals surface area contributed by atoms with E-state index in [0.29, 0.717) is 12.4 Å². The van der Waals surface area contributed by atoms with Gasteiger partial charge in [-0.25, -0.2) is 14.7 Å². The SMILES string of the molecule is Cl.O=C(NCCN1CCNCC1)N1c2ccccc2Sc2cccnc21. The van der Waals surface area contributed by atoms with Gasteiger partial charge >= 0.3 is 6.03 Å². The molecule has 2 aliphatic heterocycles. The summed E-state index contributed by atoms with van der Waals surface area (Å²) in [5.74, 6) is 0.700. The molecule has 2 amide bonds. The Morgan fingerprint density at radius 2 is 1.92 bits per heavy atom. The standard InChI is InChI=1S/C18H21N5OS.ClH/c24-18(21-10-13-22-11-8-19-9-12-22)23-14-4-1-2-5-15(14)25-16-6-3-7-20-17(16)23;/h1-7,19H,8-13H2,(H,21,24);1H. The fourth-order valence-electron chi connectivity index (χ4n) is 3.13. The van der Waals surface area contributed by atoms with Crippen LogP contribution >= 0.6 is 24.2 Å². The van der Waals surface area contributed by atoms with E-state index in [1.807, 2.05) is 36.4 Å². The Labute approximate surface area is 163 Å². The van der Waals surface area contributed by atoms with Crippen LogP contribution in [-0.2, 0) is 0 Å². The molecule has 0 aliphatic carbocycles. The van der Waals surface area contributed by atoms with Crippen LogP contribution in [0.15, 0.2) is 52.4 Å². The average molecular weight is 392 g/mol. The molecule has 0 unspecified atom stereocenters. The maximum Gasteiger partial charge on any atom is 0.327 e. The van der Waals surface area contributed by atoms with Crippen molar-refractivity contribution in [2.75, 3.05) is 44.2 Å². The van der Waals surface area contributed by atoms with Gasteiger partial charge in [0.2, 0.25) is 0 Å². The number of hydrogen-bond acceptors (Lipinski definition) is 5. The van der Waals surface area contributed by atoms with E-state index in [1.165, 1.54) is 0 Å². The van der Waals surface area contributed by atoms with Crippen LogP contribution in [0.5, 0.6) is 0 Å². The molecule has 1 aromatic carbocycles. The Morgan fingerprint density at radius 3 is 2.77 bits per heavy atom. The number of urea groups is 1. The molecule has 4 rings (SSSR count). The first-order chi connectivity index (χ1) is 12.3. The maximum atomic E-state index is 12.9. The van der Waals surface area contributed by atoms with Gasteiger partial charge in [-0.3, -0.25) is 4.90 Å². The Balaban J connectivity index is 0.00000196. The third-order valence-electron chi connectivity index (χ3n) is 4.41. The molecule has 1 aromatic heterocycles. The van der Waals surface area contributed by atoms with E-state index >= 15 is 0 Å². The van der Waals surface area contributed by atoms with Crippen LogP contribution in [0.4, 0.5) is 16.3 Å². The molecule has 138 valence electrons. The van der Waals surface area contributed by atoms with Crippen LogP contribution in [-0.4, -0.2) is 55.2 Å². The van der Waals surface area contributed by atoms with Crippen molar-refractivity contribution in [2.24, 2.45) is 0 Å². The van der Waals surface area contributed by atoms with E-state index in [-0.39, 0.29) is 18.4 Å². The highest BCUT2D eigenvalue weighted by Gasteiger charge is 2.29.